The van der Waals surface area contributed by atoms with Crippen molar-refractivity contribution >= 4 is 0 Å². The summed E-state index contributed by atoms with van der Waals surface area (Å²) in [6, 6.07) is 1.72. The predicted molar refractivity (Wildman–Crippen MR) is 56.0 cm³/mol. The van der Waals surface area contributed by atoms with Crippen LogP contribution in [0.1, 0.15) is 20.8 Å². The lowest BCUT2D eigenvalue weighted by molar-refractivity contribution is -0.419. The molecule has 0 saturated carbocycles. The highest BCUT2D eigenvalue weighted by molar-refractivity contribution is 5.38. The van der Waals surface area contributed by atoms with Gasteiger partial charge in [0.25, 0.3) is 5.70 Å². The summed E-state index contributed by atoms with van der Waals surface area (Å²) < 4.78 is 0. The Labute approximate surface area is 84.0 Å². The van der Waals surface area contributed by atoms with Crippen LogP contribution in [0.3, 0.4) is 0 Å². The van der Waals surface area contributed by atoms with Crippen molar-refractivity contribution in [1.82, 2.24) is 0 Å². The van der Waals surface area contributed by atoms with Gasteiger partial charge in [-0.3, -0.25) is 10.1 Å². The van der Waals surface area contributed by atoms with Crippen LogP contribution in [0.25, 0.3) is 0 Å². The number of hydrogen-bond donors (Lipinski definition) is 0. The lowest BCUT2D eigenvalue weighted by Crippen LogP contribution is -1.98. The third kappa shape index (κ3) is 4.88. The second-order valence-corrected chi connectivity index (χ2v) is 1.87. The van der Waals surface area contributed by atoms with E-state index in [-0.39, 0.29) is 11.3 Å². The highest BCUT2D eigenvalue weighted by Crippen LogP contribution is 2.06. The average molecular weight is 194 g/mol. The molecule has 0 unspecified atom stereocenters. The molecule has 0 bridgehead atoms. The second-order valence-electron chi connectivity index (χ2n) is 1.87. The van der Waals surface area contributed by atoms with Crippen molar-refractivity contribution in [3.8, 4) is 6.07 Å². The molecule has 14 heavy (non-hydrogen) atoms. The maximum Gasteiger partial charge on any atom is 0.286 e. The molecule has 4 nitrogen and oxygen atoms in total. The molecule has 4 heteroatoms. The largest absolute Gasteiger partial charge is 0.286 e. The number of nitriles is 1. The monoisotopic (exact) mass is 194 g/mol. The first-order valence-corrected chi connectivity index (χ1v) is 4.21. The van der Waals surface area contributed by atoms with Gasteiger partial charge in [-0.15, -0.1) is 0 Å². The van der Waals surface area contributed by atoms with E-state index in [9.17, 15) is 10.1 Å². The third-order valence-electron chi connectivity index (χ3n) is 1.12. The molecule has 0 fully saturated rings. The summed E-state index contributed by atoms with van der Waals surface area (Å²) in [5, 5.41) is 18.8. The van der Waals surface area contributed by atoms with Gasteiger partial charge >= 0.3 is 0 Å². The molecular weight excluding hydrogens is 180 g/mol. The van der Waals surface area contributed by atoms with Crippen LogP contribution >= 0.6 is 0 Å². The Balaban J connectivity index is 0. The van der Waals surface area contributed by atoms with Gasteiger partial charge in [0.05, 0.1) is 4.92 Å². The van der Waals surface area contributed by atoms with E-state index in [4.69, 9.17) is 5.26 Å². The number of rotatable bonds is 3. The second kappa shape index (κ2) is 9.20. The molecule has 0 saturated heterocycles. The van der Waals surface area contributed by atoms with E-state index in [1.54, 1.807) is 19.1 Å². The molecule has 0 aliphatic heterocycles. The van der Waals surface area contributed by atoms with Crippen molar-refractivity contribution in [2.45, 2.75) is 20.8 Å². The van der Waals surface area contributed by atoms with E-state index in [2.05, 4.69) is 6.58 Å². The zero-order valence-corrected chi connectivity index (χ0v) is 8.65. The topological polar surface area (TPSA) is 66.9 Å². The van der Waals surface area contributed by atoms with Crippen molar-refractivity contribution in [3.63, 3.8) is 0 Å². The molecule has 0 heterocycles. The summed E-state index contributed by atoms with van der Waals surface area (Å²) in [6.07, 6.45) is 3.99. The highest BCUT2D eigenvalue weighted by atomic mass is 16.6. The summed E-state index contributed by atoms with van der Waals surface area (Å²) in [4.78, 5) is 9.66. The van der Waals surface area contributed by atoms with Gasteiger partial charge in [-0.05, 0) is 13.0 Å². The Kier molecular flexibility index (Phi) is 9.61. The van der Waals surface area contributed by atoms with Crippen LogP contribution in [-0.2, 0) is 0 Å². The Hall–Kier alpha value is -1.89. The molecule has 0 aromatic rings. The fourth-order valence-electron chi connectivity index (χ4n) is 0.629. The fraction of sp³-hybridized carbons (Fsp3) is 0.300. The van der Waals surface area contributed by atoms with Gasteiger partial charge in [-0.1, -0.05) is 26.5 Å². The first-order valence-electron chi connectivity index (χ1n) is 4.21. The number of allylic oxidation sites excluding steroid dienone is 4. The predicted octanol–water partition coefficient (Wildman–Crippen LogP) is 2.83. The Morgan fingerprint density at radius 1 is 1.57 bits per heavy atom. The molecule has 0 atom stereocenters. The van der Waals surface area contributed by atoms with E-state index in [0.717, 1.165) is 6.08 Å². The molecule has 0 spiro atoms. The number of hydrogen-bond acceptors (Lipinski definition) is 3. The molecule has 0 aliphatic carbocycles. The SMILES string of the molecule is C=C/C(=C(C#N)\C=C/C)[N+](=O)[O-].CC. The summed E-state index contributed by atoms with van der Waals surface area (Å²) >= 11 is 0. The quantitative estimate of drug-likeness (QED) is 0.300. The summed E-state index contributed by atoms with van der Waals surface area (Å²) in [7, 11) is 0. The first kappa shape index (κ1) is 14.6. The Bertz CT molecular complexity index is 296. The Morgan fingerprint density at radius 3 is 2.29 bits per heavy atom. The Morgan fingerprint density at radius 2 is 2.07 bits per heavy atom. The van der Waals surface area contributed by atoms with E-state index in [1.165, 1.54) is 6.08 Å². The van der Waals surface area contributed by atoms with Gasteiger partial charge in [-0.2, -0.15) is 5.26 Å². The highest BCUT2D eigenvalue weighted by Gasteiger charge is 2.10. The van der Waals surface area contributed by atoms with Crippen LogP contribution in [0.4, 0.5) is 0 Å². The summed E-state index contributed by atoms with van der Waals surface area (Å²) in [5.41, 5.74) is -0.256. The van der Waals surface area contributed by atoms with Gasteiger partial charge in [0.2, 0.25) is 0 Å². The van der Waals surface area contributed by atoms with Gasteiger partial charge < -0.3 is 0 Å². The number of nitro groups is 1. The standard InChI is InChI=1S/C8H8N2O2.C2H6/c1-3-5-7(6-9)8(4-2)10(11)12;1-2/h3-5H,2H2,1H3;1-2H3/b5-3-,8-7-;. The molecule has 0 aromatic carbocycles. The van der Waals surface area contributed by atoms with Gasteiger partial charge in [-0.25, -0.2) is 0 Å². The van der Waals surface area contributed by atoms with Crippen molar-refractivity contribution < 1.29 is 4.92 Å². The lowest BCUT2D eigenvalue weighted by Gasteiger charge is -1.90. The maximum atomic E-state index is 10.3. The van der Waals surface area contributed by atoms with Crippen molar-refractivity contribution in [2.75, 3.05) is 0 Å². The summed E-state index contributed by atoms with van der Waals surface area (Å²) in [6.45, 7) is 8.93. The van der Waals surface area contributed by atoms with E-state index in [0.29, 0.717) is 0 Å². The fourth-order valence-corrected chi connectivity index (χ4v) is 0.629. The summed E-state index contributed by atoms with van der Waals surface area (Å²) in [5.74, 6) is 0. The molecular formula is C10H14N2O2. The van der Waals surface area contributed by atoms with Crippen LogP contribution in [0.2, 0.25) is 0 Å². The van der Waals surface area contributed by atoms with Gasteiger partial charge in [0, 0.05) is 6.08 Å². The van der Waals surface area contributed by atoms with Crippen LogP contribution < -0.4 is 0 Å². The van der Waals surface area contributed by atoms with Crippen LogP contribution in [0.15, 0.2) is 36.1 Å². The molecule has 0 rings (SSSR count). The average Bonchev–Trinajstić information content (AvgIpc) is 2.20. The zero-order chi connectivity index (χ0) is 11.6. The normalized spacial score (nSPS) is 10.7. The molecule has 0 aliphatic rings. The van der Waals surface area contributed by atoms with Crippen molar-refractivity contribution in [3.05, 3.63) is 46.2 Å². The van der Waals surface area contributed by atoms with E-state index >= 15 is 0 Å². The van der Waals surface area contributed by atoms with Crippen LogP contribution in [0.5, 0.6) is 0 Å². The smallest absolute Gasteiger partial charge is 0.258 e. The maximum absolute atomic E-state index is 10.3. The minimum Gasteiger partial charge on any atom is -0.258 e. The van der Waals surface area contributed by atoms with Gasteiger partial charge in [0.1, 0.15) is 11.6 Å². The lowest BCUT2D eigenvalue weighted by atomic mass is 10.2. The zero-order valence-electron chi connectivity index (χ0n) is 8.65. The molecule has 0 amide bonds. The molecule has 0 N–H and O–H groups in total. The molecule has 76 valence electrons. The van der Waals surface area contributed by atoms with E-state index in [1.807, 2.05) is 13.8 Å². The van der Waals surface area contributed by atoms with Gasteiger partial charge in [0.15, 0.2) is 0 Å². The number of nitrogens with zero attached hydrogens (tertiary/aromatic N) is 2. The van der Waals surface area contributed by atoms with Crippen LogP contribution in [-0.4, -0.2) is 4.92 Å². The molecule has 0 aromatic heterocycles. The van der Waals surface area contributed by atoms with Crippen molar-refractivity contribution in [1.29, 1.82) is 5.26 Å². The first-order chi connectivity index (χ1) is 6.67. The minimum atomic E-state index is -0.633. The van der Waals surface area contributed by atoms with Crippen molar-refractivity contribution in [2.24, 2.45) is 0 Å². The van der Waals surface area contributed by atoms with Crippen LogP contribution in [0, 0.1) is 21.4 Å². The molecule has 0 radical (unpaired) electrons. The third-order valence-corrected chi connectivity index (χ3v) is 1.12. The van der Waals surface area contributed by atoms with E-state index < -0.39 is 4.92 Å². The minimum absolute atomic E-state index is 0.0116.